The lowest BCUT2D eigenvalue weighted by Gasteiger charge is -2.26. The van der Waals surface area contributed by atoms with Gasteiger partial charge >= 0.3 is 0 Å². The highest BCUT2D eigenvalue weighted by atomic mass is 32.2. The molecule has 1 fully saturated rings. The summed E-state index contributed by atoms with van der Waals surface area (Å²) in [5.74, 6) is 0. The van der Waals surface area contributed by atoms with Crippen molar-refractivity contribution >= 4 is 11.8 Å². The monoisotopic (exact) mass is 278 g/mol. The van der Waals surface area contributed by atoms with Crippen LogP contribution >= 0.6 is 11.8 Å². The van der Waals surface area contributed by atoms with Crippen LogP contribution in [0.1, 0.15) is 54.7 Å². The van der Waals surface area contributed by atoms with Crippen molar-refractivity contribution in [2.45, 2.75) is 64.3 Å². The summed E-state index contributed by atoms with van der Waals surface area (Å²) in [7, 11) is 0. The third kappa shape index (κ3) is 3.32. The van der Waals surface area contributed by atoms with E-state index < -0.39 is 0 Å². The van der Waals surface area contributed by atoms with E-state index in [0.717, 1.165) is 10.9 Å². The number of nitrogens with zero attached hydrogens (tertiary/aromatic N) is 1. The minimum Gasteiger partial charge on any atom is -0.306 e. The number of aromatic nitrogens is 1. The number of aryl methyl sites for hydroxylation is 3. The summed E-state index contributed by atoms with van der Waals surface area (Å²) in [5, 5.41) is 4.62. The number of nitrogens with one attached hydrogen (secondary N) is 1. The average Bonchev–Trinajstić information content (AvgIpc) is 2.74. The van der Waals surface area contributed by atoms with Crippen molar-refractivity contribution in [3.05, 3.63) is 28.6 Å². The van der Waals surface area contributed by atoms with Crippen LogP contribution in [0.25, 0.3) is 0 Å². The fourth-order valence-electron chi connectivity index (χ4n) is 3.49. The first kappa shape index (κ1) is 14.9. The molecular formula is C16H26N2S. The summed E-state index contributed by atoms with van der Waals surface area (Å²) in [6.07, 6.45) is 6.27. The molecule has 1 heterocycles. The van der Waals surface area contributed by atoms with Gasteiger partial charge in [-0.15, -0.1) is 0 Å². The molecule has 2 nitrogen and oxygen atoms in total. The molecule has 3 heteroatoms. The average molecular weight is 278 g/mol. The molecule has 1 aliphatic rings. The van der Waals surface area contributed by atoms with Gasteiger partial charge in [-0.25, -0.2) is 0 Å². The minimum absolute atomic E-state index is 0.394. The standard InChI is InChI=1S/C16H26N2S/c1-10-9-11(2)17-12(3)16(10)13(4)18-14-7-6-8-15(14)19-5/h9,13-15,18H,6-8H2,1-5H3. The van der Waals surface area contributed by atoms with E-state index in [1.165, 1.54) is 36.1 Å². The Morgan fingerprint density at radius 3 is 2.68 bits per heavy atom. The minimum atomic E-state index is 0.394. The summed E-state index contributed by atoms with van der Waals surface area (Å²) in [5.41, 5.74) is 5.05. The largest absolute Gasteiger partial charge is 0.306 e. The molecule has 1 N–H and O–H groups in total. The molecule has 3 atom stereocenters. The van der Waals surface area contributed by atoms with Crippen LogP contribution in [0.3, 0.4) is 0 Å². The van der Waals surface area contributed by atoms with Crippen molar-refractivity contribution in [3.8, 4) is 0 Å². The van der Waals surface area contributed by atoms with Gasteiger partial charge in [-0.2, -0.15) is 11.8 Å². The van der Waals surface area contributed by atoms with Gasteiger partial charge in [0.1, 0.15) is 0 Å². The van der Waals surface area contributed by atoms with E-state index in [9.17, 15) is 0 Å². The second-order valence-corrected chi connectivity index (χ2v) is 6.86. The lowest BCUT2D eigenvalue weighted by Crippen LogP contribution is -2.36. The van der Waals surface area contributed by atoms with Crippen molar-refractivity contribution in [3.63, 3.8) is 0 Å². The smallest absolute Gasteiger partial charge is 0.0426 e. The molecule has 0 amide bonds. The molecule has 1 aromatic rings. The Morgan fingerprint density at radius 2 is 2.05 bits per heavy atom. The first-order chi connectivity index (χ1) is 9.02. The quantitative estimate of drug-likeness (QED) is 0.903. The second kappa shape index (κ2) is 6.27. The summed E-state index contributed by atoms with van der Waals surface area (Å²) >= 11 is 2.01. The van der Waals surface area contributed by atoms with Crippen molar-refractivity contribution in [1.29, 1.82) is 0 Å². The van der Waals surface area contributed by atoms with Crippen LogP contribution in [0.15, 0.2) is 6.07 Å². The normalized spacial score (nSPS) is 24.7. The van der Waals surface area contributed by atoms with E-state index in [1.54, 1.807) is 0 Å². The first-order valence-corrected chi connectivity index (χ1v) is 8.55. The Labute approximate surface area is 121 Å². The molecule has 0 aliphatic heterocycles. The number of hydrogen-bond acceptors (Lipinski definition) is 3. The molecule has 0 saturated heterocycles. The van der Waals surface area contributed by atoms with Crippen LogP contribution in [-0.4, -0.2) is 22.5 Å². The maximum absolute atomic E-state index is 4.62. The Balaban J connectivity index is 2.14. The third-order valence-electron chi connectivity index (χ3n) is 4.24. The molecule has 1 aromatic heterocycles. The Morgan fingerprint density at radius 1 is 1.32 bits per heavy atom. The zero-order valence-corrected chi connectivity index (χ0v) is 13.6. The highest BCUT2D eigenvalue weighted by molar-refractivity contribution is 7.99. The zero-order valence-electron chi connectivity index (χ0n) is 12.8. The van der Waals surface area contributed by atoms with Crippen LogP contribution in [0.5, 0.6) is 0 Å². The van der Waals surface area contributed by atoms with Crippen molar-refractivity contribution in [2.75, 3.05) is 6.26 Å². The van der Waals surface area contributed by atoms with E-state index in [-0.39, 0.29) is 0 Å². The number of thioether (sulfide) groups is 1. The topological polar surface area (TPSA) is 24.9 Å². The highest BCUT2D eigenvalue weighted by Gasteiger charge is 2.28. The van der Waals surface area contributed by atoms with Crippen LogP contribution in [0, 0.1) is 20.8 Å². The molecule has 0 aromatic carbocycles. The molecule has 19 heavy (non-hydrogen) atoms. The third-order valence-corrected chi connectivity index (χ3v) is 5.41. The SMILES string of the molecule is CSC1CCCC1NC(C)c1c(C)cc(C)nc1C. The highest BCUT2D eigenvalue weighted by Crippen LogP contribution is 2.31. The second-order valence-electron chi connectivity index (χ2n) is 5.78. The van der Waals surface area contributed by atoms with Gasteiger partial charge in [-0.05, 0) is 64.0 Å². The molecule has 0 bridgehead atoms. The van der Waals surface area contributed by atoms with E-state index in [1.807, 2.05) is 11.8 Å². The Bertz CT molecular complexity index is 421. The summed E-state index contributed by atoms with van der Waals surface area (Å²) in [4.78, 5) is 4.62. The number of pyridine rings is 1. The molecule has 1 saturated carbocycles. The molecule has 2 rings (SSSR count). The summed E-state index contributed by atoms with van der Waals surface area (Å²) in [6.45, 7) is 8.69. The fraction of sp³-hybridized carbons (Fsp3) is 0.688. The van der Waals surface area contributed by atoms with Gasteiger partial charge in [-0.1, -0.05) is 6.42 Å². The maximum atomic E-state index is 4.62. The Hall–Kier alpha value is -0.540. The molecule has 3 unspecified atom stereocenters. The van der Waals surface area contributed by atoms with Gasteiger partial charge in [0, 0.05) is 28.7 Å². The molecule has 106 valence electrons. The summed E-state index contributed by atoms with van der Waals surface area (Å²) in [6, 6.07) is 3.25. The van der Waals surface area contributed by atoms with Crippen LogP contribution in [0.4, 0.5) is 0 Å². The zero-order chi connectivity index (χ0) is 14.0. The van der Waals surface area contributed by atoms with Gasteiger partial charge < -0.3 is 5.32 Å². The van der Waals surface area contributed by atoms with Crippen LogP contribution in [-0.2, 0) is 0 Å². The van der Waals surface area contributed by atoms with Gasteiger partial charge in [0.05, 0.1) is 0 Å². The van der Waals surface area contributed by atoms with Crippen molar-refractivity contribution < 1.29 is 0 Å². The molecule has 0 spiro atoms. The number of hydrogen-bond donors (Lipinski definition) is 1. The maximum Gasteiger partial charge on any atom is 0.0426 e. The molecule has 1 aliphatic carbocycles. The van der Waals surface area contributed by atoms with Gasteiger partial charge in [-0.3, -0.25) is 4.98 Å². The van der Waals surface area contributed by atoms with E-state index in [2.05, 4.69) is 50.3 Å². The molecule has 0 radical (unpaired) electrons. The van der Waals surface area contributed by atoms with E-state index in [4.69, 9.17) is 0 Å². The van der Waals surface area contributed by atoms with Crippen LogP contribution in [0.2, 0.25) is 0 Å². The van der Waals surface area contributed by atoms with Crippen molar-refractivity contribution in [1.82, 2.24) is 10.3 Å². The number of rotatable bonds is 4. The predicted molar refractivity (Wildman–Crippen MR) is 84.9 cm³/mol. The van der Waals surface area contributed by atoms with E-state index >= 15 is 0 Å². The predicted octanol–water partition coefficient (Wildman–Crippen LogP) is 3.94. The molecular weight excluding hydrogens is 252 g/mol. The first-order valence-electron chi connectivity index (χ1n) is 7.26. The van der Waals surface area contributed by atoms with E-state index in [0.29, 0.717) is 12.1 Å². The Kier molecular flexibility index (Phi) is 4.91. The lowest BCUT2D eigenvalue weighted by atomic mass is 9.99. The fourth-order valence-corrected chi connectivity index (χ4v) is 4.44. The summed E-state index contributed by atoms with van der Waals surface area (Å²) < 4.78 is 0. The van der Waals surface area contributed by atoms with Gasteiger partial charge in [0.2, 0.25) is 0 Å². The van der Waals surface area contributed by atoms with Crippen molar-refractivity contribution in [2.24, 2.45) is 0 Å². The lowest BCUT2D eigenvalue weighted by molar-refractivity contribution is 0.464. The van der Waals surface area contributed by atoms with Crippen LogP contribution < -0.4 is 5.32 Å². The van der Waals surface area contributed by atoms with Gasteiger partial charge in [0.25, 0.3) is 0 Å². The van der Waals surface area contributed by atoms with Gasteiger partial charge in [0.15, 0.2) is 0 Å².